The van der Waals surface area contributed by atoms with Crippen LogP contribution in [0.1, 0.15) is 10.4 Å². The molecule has 160 valence electrons. The van der Waals surface area contributed by atoms with Gasteiger partial charge in [-0.05, 0) is 24.3 Å². The highest BCUT2D eigenvalue weighted by atomic mass is 35.5. The molecule has 10 nitrogen and oxygen atoms in total. The number of carbonyl (C=O) groups excluding carboxylic acids is 1. The van der Waals surface area contributed by atoms with Crippen molar-refractivity contribution in [2.45, 2.75) is 4.90 Å². The molecule has 0 unspecified atom stereocenters. The Morgan fingerprint density at radius 1 is 1.23 bits per heavy atom. The van der Waals surface area contributed by atoms with Crippen molar-refractivity contribution in [1.82, 2.24) is 4.31 Å². The third kappa shape index (κ3) is 4.54. The topological polar surface area (TPSA) is 128 Å². The van der Waals surface area contributed by atoms with Crippen molar-refractivity contribution in [1.29, 1.82) is 0 Å². The summed E-state index contributed by atoms with van der Waals surface area (Å²) in [7, 11) is -2.57. The number of sulfonamides is 1. The highest BCUT2D eigenvalue weighted by molar-refractivity contribution is 7.89. The maximum Gasteiger partial charge on any atom is 0.271 e. The lowest BCUT2D eigenvalue weighted by molar-refractivity contribution is -0.384. The minimum Gasteiger partial charge on any atom is -0.495 e. The zero-order valence-electron chi connectivity index (χ0n) is 15.8. The second kappa shape index (κ2) is 8.96. The number of hydrogen-bond acceptors (Lipinski definition) is 7. The number of morpholine rings is 1. The van der Waals surface area contributed by atoms with E-state index in [2.05, 4.69) is 5.32 Å². The molecule has 1 heterocycles. The van der Waals surface area contributed by atoms with E-state index in [1.165, 1.54) is 41.7 Å². The number of non-ortho nitro benzene ring substituents is 1. The Morgan fingerprint density at radius 2 is 1.93 bits per heavy atom. The normalized spacial score (nSPS) is 14.9. The largest absolute Gasteiger partial charge is 0.495 e. The van der Waals surface area contributed by atoms with Crippen LogP contribution < -0.4 is 10.1 Å². The van der Waals surface area contributed by atoms with E-state index in [0.29, 0.717) is 0 Å². The van der Waals surface area contributed by atoms with Gasteiger partial charge in [-0.1, -0.05) is 11.6 Å². The first-order chi connectivity index (χ1) is 14.2. The van der Waals surface area contributed by atoms with Crippen molar-refractivity contribution in [2.24, 2.45) is 0 Å². The van der Waals surface area contributed by atoms with Crippen LogP contribution in [-0.4, -0.2) is 57.0 Å². The number of rotatable bonds is 6. The molecule has 0 aromatic heterocycles. The lowest BCUT2D eigenvalue weighted by Crippen LogP contribution is -2.40. The number of anilines is 1. The van der Waals surface area contributed by atoms with Gasteiger partial charge < -0.3 is 14.8 Å². The summed E-state index contributed by atoms with van der Waals surface area (Å²) in [6.07, 6.45) is 0. The van der Waals surface area contributed by atoms with Gasteiger partial charge in [0, 0.05) is 30.8 Å². The fourth-order valence-corrected chi connectivity index (χ4v) is 4.78. The zero-order valence-corrected chi connectivity index (χ0v) is 17.4. The van der Waals surface area contributed by atoms with Crippen molar-refractivity contribution in [3.8, 4) is 5.75 Å². The molecule has 1 amide bonds. The smallest absolute Gasteiger partial charge is 0.271 e. The zero-order chi connectivity index (χ0) is 21.9. The van der Waals surface area contributed by atoms with Crippen molar-refractivity contribution in [3.05, 3.63) is 57.1 Å². The lowest BCUT2D eigenvalue weighted by Gasteiger charge is -2.26. The van der Waals surface area contributed by atoms with Crippen molar-refractivity contribution in [2.75, 3.05) is 38.7 Å². The fraction of sp³-hybridized carbons (Fsp3) is 0.278. The summed E-state index contributed by atoms with van der Waals surface area (Å²) in [6, 6.07) is 7.59. The van der Waals surface area contributed by atoms with Gasteiger partial charge in [0.1, 0.15) is 10.6 Å². The molecule has 1 fully saturated rings. The molecule has 2 aromatic carbocycles. The number of nitro groups is 1. The van der Waals surface area contributed by atoms with E-state index < -0.39 is 20.9 Å². The van der Waals surface area contributed by atoms with E-state index in [1.807, 2.05) is 0 Å². The number of hydrogen-bond donors (Lipinski definition) is 1. The number of amides is 1. The third-order valence-electron chi connectivity index (χ3n) is 4.42. The summed E-state index contributed by atoms with van der Waals surface area (Å²) in [6.45, 7) is 0.896. The molecule has 0 atom stereocenters. The van der Waals surface area contributed by atoms with Crippen molar-refractivity contribution in [3.63, 3.8) is 0 Å². The van der Waals surface area contributed by atoms with Crippen molar-refractivity contribution >= 4 is 38.9 Å². The van der Waals surface area contributed by atoms with Crippen LogP contribution in [0.15, 0.2) is 41.3 Å². The van der Waals surface area contributed by atoms with E-state index >= 15 is 0 Å². The SMILES string of the molecule is COc1ccc([N+](=O)[O-])cc1NC(=O)c1ccc(Cl)c(S(=O)(=O)N2CCOCC2)c1. The van der Waals surface area contributed by atoms with Crippen molar-refractivity contribution < 1.29 is 27.6 Å². The number of benzene rings is 2. The van der Waals surface area contributed by atoms with Crippen LogP contribution >= 0.6 is 11.6 Å². The van der Waals surface area contributed by atoms with Crippen LogP contribution in [0.4, 0.5) is 11.4 Å². The number of nitrogens with one attached hydrogen (secondary N) is 1. The van der Waals surface area contributed by atoms with Gasteiger partial charge in [-0.15, -0.1) is 0 Å². The molecular formula is C18H18ClN3O7S. The van der Waals surface area contributed by atoms with Gasteiger partial charge in [0.05, 0.1) is 36.0 Å². The Balaban J connectivity index is 1.92. The summed E-state index contributed by atoms with van der Waals surface area (Å²) in [5.41, 5.74) is -0.151. The quantitative estimate of drug-likeness (QED) is 0.523. The Bertz CT molecular complexity index is 1090. The monoisotopic (exact) mass is 455 g/mol. The number of ether oxygens (including phenoxy) is 2. The molecule has 3 rings (SSSR count). The minimum absolute atomic E-state index is 0.0137. The molecule has 1 saturated heterocycles. The highest BCUT2D eigenvalue weighted by Gasteiger charge is 2.29. The molecule has 0 spiro atoms. The summed E-state index contributed by atoms with van der Waals surface area (Å²) >= 11 is 6.10. The summed E-state index contributed by atoms with van der Waals surface area (Å²) in [5, 5.41) is 13.5. The number of halogens is 1. The number of carbonyl (C=O) groups is 1. The number of methoxy groups -OCH3 is 1. The van der Waals surface area contributed by atoms with E-state index in [4.69, 9.17) is 21.1 Å². The molecule has 12 heteroatoms. The molecule has 0 radical (unpaired) electrons. The molecule has 2 aromatic rings. The van der Waals surface area contributed by atoms with Gasteiger partial charge in [0.2, 0.25) is 10.0 Å². The van der Waals surface area contributed by atoms with Crippen LogP contribution in [0.25, 0.3) is 0 Å². The average Bonchev–Trinajstić information content (AvgIpc) is 2.74. The van der Waals surface area contributed by atoms with Crippen LogP contribution in [0.3, 0.4) is 0 Å². The van der Waals surface area contributed by atoms with Crippen LogP contribution in [0.5, 0.6) is 5.75 Å². The number of nitro benzene ring substituents is 1. The van der Waals surface area contributed by atoms with E-state index in [9.17, 15) is 23.3 Å². The summed E-state index contributed by atoms with van der Waals surface area (Å²) in [5.74, 6) is -0.465. The Morgan fingerprint density at radius 3 is 2.57 bits per heavy atom. The molecule has 1 aliphatic rings. The lowest BCUT2D eigenvalue weighted by atomic mass is 10.2. The predicted octanol–water partition coefficient (Wildman–Crippen LogP) is 2.53. The molecule has 1 aliphatic heterocycles. The summed E-state index contributed by atoms with van der Waals surface area (Å²) in [4.78, 5) is 22.9. The second-order valence-corrected chi connectivity index (χ2v) is 8.57. The third-order valence-corrected chi connectivity index (χ3v) is 6.80. The van der Waals surface area contributed by atoms with E-state index in [0.717, 1.165) is 6.07 Å². The highest BCUT2D eigenvalue weighted by Crippen LogP contribution is 2.30. The average molecular weight is 456 g/mol. The maximum atomic E-state index is 12.9. The molecule has 0 bridgehead atoms. The second-order valence-electron chi connectivity index (χ2n) is 6.26. The van der Waals surface area contributed by atoms with Crippen LogP contribution in [0, 0.1) is 10.1 Å². The number of nitrogens with zero attached hydrogens (tertiary/aromatic N) is 2. The minimum atomic E-state index is -3.92. The van der Waals surface area contributed by atoms with Gasteiger partial charge >= 0.3 is 0 Å². The van der Waals surface area contributed by atoms with Gasteiger partial charge in [-0.2, -0.15) is 4.31 Å². The molecule has 0 aliphatic carbocycles. The first-order valence-corrected chi connectivity index (χ1v) is 10.6. The molecule has 1 N–H and O–H groups in total. The van der Waals surface area contributed by atoms with Gasteiger partial charge in [0.15, 0.2) is 0 Å². The van der Waals surface area contributed by atoms with Crippen LogP contribution in [0.2, 0.25) is 5.02 Å². The molecule has 0 saturated carbocycles. The first-order valence-electron chi connectivity index (χ1n) is 8.75. The first kappa shape index (κ1) is 22.0. The summed E-state index contributed by atoms with van der Waals surface area (Å²) < 4.78 is 37.4. The molecular weight excluding hydrogens is 438 g/mol. The van der Waals surface area contributed by atoms with E-state index in [-0.39, 0.29) is 58.9 Å². The van der Waals surface area contributed by atoms with E-state index in [1.54, 1.807) is 0 Å². The van der Waals surface area contributed by atoms with Gasteiger partial charge in [-0.3, -0.25) is 14.9 Å². The maximum absolute atomic E-state index is 12.9. The predicted molar refractivity (Wildman–Crippen MR) is 109 cm³/mol. The van der Waals surface area contributed by atoms with Gasteiger partial charge in [0.25, 0.3) is 11.6 Å². The fourth-order valence-electron chi connectivity index (χ4n) is 2.87. The Kier molecular flexibility index (Phi) is 6.56. The Labute approximate surface area is 177 Å². The Hall–Kier alpha value is -2.73. The van der Waals surface area contributed by atoms with Gasteiger partial charge in [-0.25, -0.2) is 8.42 Å². The molecule has 30 heavy (non-hydrogen) atoms. The standard InChI is InChI=1S/C18H18ClN3O7S/c1-28-16-5-3-13(22(24)25)11-15(16)20-18(23)12-2-4-14(19)17(10-12)30(26,27)21-6-8-29-9-7-21/h2-5,10-11H,6-9H2,1H3,(H,20,23). The van der Waals surface area contributed by atoms with Crippen LogP contribution in [-0.2, 0) is 14.8 Å².